The molecule has 5 nitrogen and oxygen atoms in total. The summed E-state index contributed by atoms with van der Waals surface area (Å²) in [6.07, 6.45) is 0. The number of nitrogens with zero attached hydrogens (tertiary/aromatic N) is 1. The molecule has 0 aliphatic carbocycles. The van der Waals surface area contributed by atoms with Gasteiger partial charge in [0.05, 0.1) is 11.5 Å². The van der Waals surface area contributed by atoms with E-state index in [2.05, 4.69) is 0 Å². The predicted molar refractivity (Wildman–Crippen MR) is 79.6 cm³/mol. The van der Waals surface area contributed by atoms with Crippen LogP contribution in [0, 0.1) is 10.1 Å². The fourth-order valence-corrected chi connectivity index (χ4v) is 2.01. The van der Waals surface area contributed by atoms with E-state index < -0.39 is 4.92 Å². The summed E-state index contributed by atoms with van der Waals surface area (Å²) in [5.41, 5.74) is 1.55. The lowest BCUT2D eigenvalue weighted by Crippen LogP contribution is -1.99. The molecule has 0 amide bonds. The Balaban J connectivity index is 2.10. The molecule has 110 valence electrons. The van der Waals surface area contributed by atoms with Crippen molar-refractivity contribution in [2.45, 2.75) is 13.2 Å². The molecule has 0 aliphatic rings. The molecule has 0 fully saturated rings. The summed E-state index contributed by atoms with van der Waals surface area (Å²) < 4.78 is 10.7. The number of hydrogen-bond acceptors (Lipinski definition) is 4. The minimum Gasteiger partial charge on any atom is -0.489 e. The molecule has 0 radical (unpaired) electrons. The summed E-state index contributed by atoms with van der Waals surface area (Å²) >= 11 is 6.03. The molecule has 0 saturated carbocycles. The predicted octanol–water partition coefficient (Wildman–Crippen LogP) is 3.97. The Hall–Kier alpha value is -2.11. The third-order valence-electron chi connectivity index (χ3n) is 2.84. The van der Waals surface area contributed by atoms with Gasteiger partial charge in [0.2, 0.25) is 0 Å². The largest absolute Gasteiger partial charge is 0.489 e. The van der Waals surface area contributed by atoms with Crippen LogP contribution in [0.5, 0.6) is 5.75 Å². The van der Waals surface area contributed by atoms with Crippen LogP contribution in [0.2, 0.25) is 5.02 Å². The monoisotopic (exact) mass is 307 g/mol. The second-order valence-electron chi connectivity index (χ2n) is 4.40. The molecular formula is C15H14ClNO4. The summed E-state index contributed by atoms with van der Waals surface area (Å²) in [5, 5.41) is 11.2. The number of nitro groups is 1. The van der Waals surface area contributed by atoms with Gasteiger partial charge in [0, 0.05) is 29.8 Å². The van der Waals surface area contributed by atoms with E-state index in [9.17, 15) is 10.1 Å². The molecular weight excluding hydrogens is 294 g/mol. The highest BCUT2D eigenvalue weighted by Crippen LogP contribution is 2.24. The Bertz CT molecular complexity index is 645. The molecule has 0 aliphatic heterocycles. The Kier molecular flexibility index (Phi) is 5.14. The summed E-state index contributed by atoms with van der Waals surface area (Å²) in [7, 11) is 1.62. The van der Waals surface area contributed by atoms with Crippen LogP contribution in [0.1, 0.15) is 11.1 Å². The van der Waals surface area contributed by atoms with E-state index in [0.29, 0.717) is 22.9 Å². The normalized spacial score (nSPS) is 10.4. The van der Waals surface area contributed by atoms with Crippen molar-refractivity contribution in [2.24, 2.45) is 0 Å². The van der Waals surface area contributed by atoms with Crippen LogP contribution in [0.25, 0.3) is 0 Å². The van der Waals surface area contributed by atoms with Gasteiger partial charge in [0.1, 0.15) is 12.4 Å². The van der Waals surface area contributed by atoms with Crippen molar-refractivity contribution < 1.29 is 14.4 Å². The van der Waals surface area contributed by atoms with Gasteiger partial charge in [-0.2, -0.15) is 0 Å². The van der Waals surface area contributed by atoms with Crippen molar-refractivity contribution in [3.05, 3.63) is 68.7 Å². The van der Waals surface area contributed by atoms with Crippen molar-refractivity contribution in [1.82, 2.24) is 0 Å². The van der Waals surface area contributed by atoms with Gasteiger partial charge in [-0.3, -0.25) is 10.1 Å². The first-order valence-corrected chi connectivity index (χ1v) is 6.61. The van der Waals surface area contributed by atoms with Crippen molar-refractivity contribution >= 4 is 17.3 Å². The first-order valence-electron chi connectivity index (χ1n) is 6.23. The molecule has 2 aromatic carbocycles. The van der Waals surface area contributed by atoms with Crippen molar-refractivity contribution in [1.29, 1.82) is 0 Å². The Labute approximate surface area is 127 Å². The van der Waals surface area contributed by atoms with Crippen LogP contribution < -0.4 is 4.74 Å². The van der Waals surface area contributed by atoms with Gasteiger partial charge in [-0.05, 0) is 23.8 Å². The topological polar surface area (TPSA) is 61.6 Å². The maximum atomic E-state index is 10.8. The van der Waals surface area contributed by atoms with E-state index >= 15 is 0 Å². The summed E-state index contributed by atoms with van der Waals surface area (Å²) in [6, 6.07) is 11.7. The molecule has 21 heavy (non-hydrogen) atoms. The fraction of sp³-hybridized carbons (Fsp3) is 0.200. The number of halogens is 1. The van der Waals surface area contributed by atoms with E-state index in [1.165, 1.54) is 18.2 Å². The molecule has 0 N–H and O–H groups in total. The smallest absolute Gasteiger partial charge is 0.269 e. The number of rotatable bonds is 6. The second-order valence-corrected chi connectivity index (χ2v) is 4.81. The van der Waals surface area contributed by atoms with E-state index in [4.69, 9.17) is 21.1 Å². The first-order chi connectivity index (χ1) is 10.1. The number of ether oxygens (including phenoxy) is 2. The molecule has 2 aromatic rings. The lowest BCUT2D eigenvalue weighted by molar-refractivity contribution is -0.384. The first kappa shape index (κ1) is 15.3. The summed E-state index contributed by atoms with van der Waals surface area (Å²) in [5.74, 6) is 0.659. The van der Waals surface area contributed by atoms with E-state index in [1.807, 2.05) is 24.3 Å². The highest BCUT2D eigenvalue weighted by Gasteiger charge is 2.10. The maximum absolute atomic E-state index is 10.8. The molecule has 6 heteroatoms. The second kappa shape index (κ2) is 7.06. The Morgan fingerprint density at radius 1 is 1.19 bits per heavy atom. The molecule has 0 aromatic heterocycles. The Morgan fingerprint density at radius 2 is 2.00 bits per heavy atom. The van der Waals surface area contributed by atoms with Crippen molar-refractivity contribution in [3.63, 3.8) is 0 Å². The summed E-state index contributed by atoms with van der Waals surface area (Å²) in [6.45, 7) is 0.658. The zero-order valence-corrected chi connectivity index (χ0v) is 12.2. The van der Waals surface area contributed by atoms with Gasteiger partial charge in [0.15, 0.2) is 0 Å². The van der Waals surface area contributed by atoms with Crippen LogP contribution in [0.3, 0.4) is 0 Å². The molecule has 0 heterocycles. The summed E-state index contributed by atoms with van der Waals surface area (Å²) in [4.78, 5) is 10.3. The average molecular weight is 308 g/mol. The lowest BCUT2D eigenvalue weighted by atomic mass is 10.2. The van der Waals surface area contributed by atoms with E-state index in [0.717, 1.165) is 5.56 Å². The van der Waals surface area contributed by atoms with Crippen LogP contribution >= 0.6 is 11.6 Å². The fourth-order valence-electron chi connectivity index (χ4n) is 1.84. The van der Waals surface area contributed by atoms with Crippen LogP contribution in [0.15, 0.2) is 42.5 Å². The van der Waals surface area contributed by atoms with Gasteiger partial charge in [0.25, 0.3) is 5.69 Å². The zero-order chi connectivity index (χ0) is 15.2. The quantitative estimate of drug-likeness (QED) is 0.598. The number of benzene rings is 2. The van der Waals surface area contributed by atoms with Gasteiger partial charge >= 0.3 is 0 Å². The third-order valence-corrected chi connectivity index (χ3v) is 3.21. The molecule has 0 saturated heterocycles. The zero-order valence-electron chi connectivity index (χ0n) is 11.4. The van der Waals surface area contributed by atoms with Crippen molar-refractivity contribution in [3.8, 4) is 5.75 Å². The van der Waals surface area contributed by atoms with Crippen LogP contribution in [0.4, 0.5) is 5.69 Å². The number of hydrogen-bond donors (Lipinski definition) is 0. The average Bonchev–Trinajstić information content (AvgIpc) is 2.47. The molecule has 0 atom stereocenters. The standard InChI is InChI=1S/C15H14ClNO4/c1-20-9-11-3-2-4-14(7-11)21-10-12-8-13(17(18)19)5-6-15(12)16/h2-8H,9-10H2,1H3. The number of nitro benzene ring substituents is 1. The molecule has 2 rings (SSSR count). The maximum Gasteiger partial charge on any atom is 0.269 e. The molecule has 0 unspecified atom stereocenters. The van der Waals surface area contributed by atoms with Gasteiger partial charge in [-0.25, -0.2) is 0 Å². The van der Waals surface area contributed by atoms with Crippen molar-refractivity contribution in [2.75, 3.05) is 7.11 Å². The van der Waals surface area contributed by atoms with Gasteiger partial charge in [-0.1, -0.05) is 23.7 Å². The molecule has 0 bridgehead atoms. The van der Waals surface area contributed by atoms with E-state index in [1.54, 1.807) is 7.11 Å². The van der Waals surface area contributed by atoms with Crippen LogP contribution in [-0.2, 0) is 18.0 Å². The SMILES string of the molecule is COCc1cccc(OCc2cc([N+](=O)[O-])ccc2Cl)c1. The third kappa shape index (κ3) is 4.18. The highest BCUT2D eigenvalue weighted by molar-refractivity contribution is 6.31. The lowest BCUT2D eigenvalue weighted by Gasteiger charge is -2.09. The molecule has 0 spiro atoms. The van der Waals surface area contributed by atoms with Gasteiger partial charge in [-0.15, -0.1) is 0 Å². The highest BCUT2D eigenvalue weighted by atomic mass is 35.5. The van der Waals surface area contributed by atoms with Crippen LogP contribution in [-0.4, -0.2) is 12.0 Å². The minimum atomic E-state index is -0.459. The van der Waals surface area contributed by atoms with Gasteiger partial charge < -0.3 is 9.47 Å². The Morgan fingerprint density at radius 3 is 2.71 bits per heavy atom. The van der Waals surface area contributed by atoms with E-state index in [-0.39, 0.29) is 12.3 Å². The number of methoxy groups -OCH3 is 1. The number of non-ortho nitro benzene ring substituents is 1. The minimum absolute atomic E-state index is 0.00821.